The summed E-state index contributed by atoms with van der Waals surface area (Å²) in [4.78, 5) is 37.1. The predicted molar refractivity (Wildman–Crippen MR) is 78.7 cm³/mol. The molecule has 0 aliphatic heterocycles. The minimum atomic E-state index is -1.31. The number of carbonyl (C=O) groups excluding carboxylic acids is 1. The number of rotatable bonds is 5. The third kappa shape index (κ3) is 3.01. The fourth-order valence-corrected chi connectivity index (χ4v) is 2.29. The molecule has 1 aromatic heterocycles. The molecule has 2 rings (SSSR count). The van der Waals surface area contributed by atoms with Gasteiger partial charge in [-0.1, -0.05) is 11.6 Å². The van der Waals surface area contributed by atoms with E-state index in [1.165, 1.54) is 19.1 Å². The minimum Gasteiger partial charge on any atom is -0.481 e. The second kappa shape index (κ2) is 6.03. The van der Waals surface area contributed by atoms with Crippen LogP contribution in [-0.4, -0.2) is 32.9 Å². The molecule has 0 bridgehead atoms. The number of H-pyrrole nitrogens is 1. The van der Waals surface area contributed by atoms with E-state index >= 15 is 0 Å². The van der Waals surface area contributed by atoms with Gasteiger partial charge in [-0.05, 0) is 42.3 Å². The molecule has 1 heterocycles. The van der Waals surface area contributed by atoms with Crippen molar-refractivity contribution in [1.29, 1.82) is 0 Å². The smallest absolute Gasteiger partial charge is 0.352 e. The molecule has 0 amide bonds. The maximum Gasteiger partial charge on any atom is 0.352 e. The summed E-state index contributed by atoms with van der Waals surface area (Å²) in [7, 11) is 0. The second-order valence-electron chi connectivity index (χ2n) is 4.69. The quantitative estimate of drug-likeness (QED) is 0.733. The molecule has 0 saturated carbocycles. The van der Waals surface area contributed by atoms with E-state index in [0.717, 1.165) is 0 Å². The Hall–Kier alpha value is -2.60. The third-order valence-corrected chi connectivity index (χ3v) is 3.51. The van der Waals surface area contributed by atoms with Crippen LogP contribution in [0.4, 0.5) is 0 Å². The van der Waals surface area contributed by atoms with E-state index < -0.39 is 24.1 Å². The van der Waals surface area contributed by atoms with Crippen molar-refractivity contribution in [2.24, 2.45) is 0 Å². The Morgan fingerprint density at radius 3 is 2.18 bits per heavy atom. The van der Waals surface area contributed by atoms with Gasteiger partial charge in [0.1, 0.15) is 5.69 Å². The maximum absolute atomic E-state index is 12.4. The Labute approximate surface area is 130 Å². The van der Waals surface area contributed by atoms with Crippen LogP contribution in [0, 0.1) is 6.92 Å². The zero-order chi connectivity index (χ0) is 16.4. The molecule has 0 radical (unpaired) electrons. The van der Waals surface area contributed by atoms with Gasteiger partial charge >= 0.3 is 11.9 Å². The van der Waals surface area contributed by atoms with Crippen LogP contribution in [0.2, 0.25) is 5.02 Å². The van der Waals surface area contributed by atoms with Crippen molar-refractivity contribution in [2.75, 3.05) is 0 Å². The van der Waals surface area contributed by atoms with Crippen molar-refractivity contribution in [3.05, 3.63) is 57.4 Å². The number of benzene rings is 1. The molecule has 0 aliphatic rings. The number of carbonyl (C=O) groups is 3. The van der Waals surface area contributed by atoms with E-state index in [4.69, 9.17) is 21.8 Å². The van der Waals surface area contributed by atoms with Crippen LogP contribution in [0.5, 0.6) is 0 Å². The lowest BCUT2D eigenvalue weighted by atomic mass is 10.0. The summed E-state index contributed by atoms with van der Waals surface area (Å²) in [5.41, 5.74) is 0.526. The number of ketones is 1. The van der Waals surface area contributed by atoms with Gasteiger partial charge < -0.3 is 15.2 Å². The van der Waals surface area contributed by atoms with Gasteiger partial charge in [0, 0.05) is 10.6 Å². The summed E-state index contributed by atoms with van der Waals surface area (Å²) >= 11 is 5.76. The number of aromatic nitrogens is 1. The monoisotopic (exact) mass is 321 g/mol. The maximum atomic E-state index is 12.4. The van der Waals surface area contributed by atoms with Crippen LogP contribution in [0.1, 0.15) is 37.7 Å². The number of aromatic carboxylic acids is 1. The Bertz CT molecular complexity index is 761. The van der Waals surface area contributed by atoms with Crippen molar-refractivity contribution in [3.63, 3.8) is 0 Å². The van der Waals surface area contributed by atoms with Crippen LogP contribution < -0.4 is 0 Å². The molecule has 6 nitrogen and oxygen atoms in total. The molecule has 0 unspecified atom stereocenters. The van der Waals surface area contributed by atoms with Gasteiger partial charge in [0.05, 0.1) is 12.1 Å². The SMILES string of the molecule is Cc1c(C(=O)c2ccc(Cl)cc2)[nH]c(C(=O)O)c1CC(=O)O. The number of halogens is 1. The Morgan fingerprint density at radius 1 is 1.09 bits per heavy atom. The van der Waals surface area contributed by atoms with Gasteiger partial charge in [-0.3, -0.25) is 9.59 Å². The van der Waals surface area contributed by atoms with E-state index in [2.05, 4.69) is 4.98 Å². The molecule has 114 valence electrons. The number of hydrogen-bond donors (Lipinski definition) is 3. The summed E-state index contributed by atoms with van der Waals surface area (Å²) < 4.78 is 0. The average Bonchev–Trinajstić information content (AvgIpc) is 2.76. The first-order valence-corrected chi connectivity index (χ1v) is 6.66. The molecular weight excluding hydrogens is 310 g/mol. The first-order valence-electron chi connectivity index (χ1n) is 6.28. The highest BCUT2D eigenvalue weighted by atomic mass is 35.5. The predicted octanol–water partition coefficient (Wildman–Crippen LogP) is 2.53. The normalized spacial score (nSPS) is 10.5. The number of nitrogens with one attached hydrogen (secondary N) is 1. The number of hydrogen-bond acceptors (Lipinski definition) is 3. The number of aliphatic carboxylic acids is 1. The summed E-state index contributed by atoms with van der Waals surface area (Å²) in [6.45, 7) is 1.52. The summed E-state index contributed by atoms with van der Waals surface area (Å²) in [6.07, 6.45) is -0.474. The molecule has 22 heavy (non-hydrogen) atoms. The Balaban J connectivity index is 2.51. The van der Waals surface area contributed by atoms with Crippen LogP contribution in [-0.2, 0) is 11.2 Å². The molecule has 0 fully saturated rings. The standard InChI is InChI=1S/C15H12ClNO5/c1-7-10(6-11(18)19)13(15(21)22)17-12(7)14(20)8-2-4-9(16)5-3-8/h2-5,17H,6H2,1H3,(H,18,19)(H,21,22). The number of aromatic amines is 1. The average molecular weight is 322 g/mol. The molecule has 0 saturated heterocycles. The zero-order valence-corrected chi connectivity index (χ0v) is 12.3. The molecule has 3 N–H and O–H groups in total. The fraction of sp³-hybridized carbons (Fsp3) is 0.133. The van der Waals surface area contributed by atoms with E-state index in [9.17, 15) is 14.4 Å². The van der Waals surface area contributed by atoms with Gasteiger partial charge in [-0.2, -0.15) is 0 Å². The van der Waals surface area contributed by atoms with Crippen LogP contribution in [0.25, 0.3) is 0 Å². The lowest BCUT2D eigenvalue weighted by molar-refractivity contribution is -0.136. The van der Waals surface area contributed by atoms with E-state index in [-0.39, 0.29) is 17.0 Å². The van der Waals surface area contributed by atoms with Crippen molar-refractivity contribution in [1.82, 2.24) is 4.98 Å². The largest absolute Gasteiger partial charge is 0.481 e. The zero-order valence-electron chi connectivity index (χ0n) is 11.5. The number of carboxylic acid groups (broad SMARTS) is 2. The molecule has 0 aliphatic carbocycles. The van der Waals surface area contributed by atoms with Crippen molar-refractivity contribution < 1.29 is 24.6 Å². The molecule has 7 heteroatoms. The molecule has 0 atom stereocenters. The van der Waals surface area contributed by atoms with E-state index in [1.54, 1.807) is 12.1 Å². The molecule has 2 aromatic rings. The first kappa shape index (κ1) is 15.8. The third-order valence-electron chi connectivity index (χ3n) is 3.25. The van der Waals surface area contributed by atoms with Crippen molar-refractivity contribution in [2.45, 2.75) is 13.3 Å². The fourth-order valence-electron chi connectivity index (χ4n) is 2.16. The highest BCUT2D eigenvalue weighted by Gasteiger charge is 2.24. The Kier molecular flexibility index (Phi) is 4.32. The van der Waals surface area contributed by atoms with Crippen LogP contribution in [0.15, 0.2) is 24.3 Å². The highest BCUT2D eigenvalue weighted by Crippen LogP contribution is 2.22. The topological polar surface area (TPSA) is 107 Å². The van der Waals surface area contributed by atoms with Crippen molar-refractivity contribution in [3.8, 4) is 0 Å². The van der Waals surface area contributed by atoms with Crippen molar-refractivity contribution >= 4 is 29.3 Å². The molecule has 0 spiro atoms. The summed E-state index contributed by atoms with van der Waals surface area (Å²) in [5.74, 6) is -2.90. The van der Waals surface area contributed by atoms with Crippen LogP contribution >= 0.6 is 11.6 Å². The lowest BCUT2D eigenvalue weighted by Gasteiger charge is -2.01. The summed E-state index contributed by atoms with van der Waals surface area (Å²) in [6, 6.07) is 6.12. The highest BCUT2D eigenvalue weighted by molar-refractivity contribution is 6.30. The molecule has 1 aromatic carbocycles. The van der Waals surface area contributed by atoms with E-state index in [0.29, 0.717) is 16.1 Å². The van der Waals surface area contributed by atoms with Gasteiger partial charge in [0.2, 0.25) is 5.78 Å². The second-order valence-corrected chi connectivity index (χ2v) is 5.13. The first-order chi connectivity index (χ1) is 10.3. The van der Waals surface area contributed by atoms with E-state index in [1.807, 2.05) is 0 Å². The minimum absolute atomic E-state index is 0.0657. The summed E-state index contributed by atoms with van der Waals surface area (Å²) in [5, 5.41) is 18.5. The van der Waals surface area contributed by atoms with Gasteiger partial charge in [-0.25, -0.2) is 4.79 Å². The number of carboxylic acids is 2. The van der Waals surface area contributed by atoms with Gasteiger partial charge in [0.25, 0.3) is 0 Å². The van der Waals surface area contributed by atoms with Gasteiger partial charge in [0.15, 0.2) is 0 Å². The Morgan fingerprint density at radius 2 is 1.68 bits per heavy atom. The lowest BCUT2D eigenvalue weighted by Crippen LogP contribution is -2.07. The van der Waals surface area contributed by atoms with Gasteiger partial charge in [-0.15, -0.1) is 0 Å². The molecular formula is C15H12ClNO5. The van der Waals surface area contributed by atoms with Crippen LogP contribution in [0.3, 0.4) is 0 Å².